The summed E-state index contributed by atoms with van der Waals surface area (Å²) in [6.07, 6.45) is 0. The van der Waals surface area contributed by atoms with Gasteiger partial charge in [0.05, 0.1) is 44.5 Å². The lowest BCUT2D eigenvalue weighted by atomic mass is 10.1. The molecule has 2 aromatic rings. The summed E-state index contributed by atoms with van der Waals surface area (Å²) >= 11 is 0. The van der Waals surface area contributed by atoms with Crippen molar-refractivity contribution < 1.29 is 18.4 Å². The molecule has 0 atom stereocenters. The number of ether oxygens (including phenoxy) is 1. The average Bonchev–Trinajstić information content (AvgIpc) is 2.59. The lowest BCUT2D eigenvalue weighted by Gasteiger charge is -2.34. The monoisotopic (exact) mass is 319 g/mol. The van der Waals surface area contributed by atoms with Gasteiger partial charge in [-0.05, 0) is 24.3 Å². The summed E-state index contributed by atoms with van der Waals surface area (Å²) in [5.74, 6) is -0.0505. The number of nitrogens with one attached hydrogen (secondary N) is 1. The summed E-state index contributed by atoms with van der Waals surface area (Å²) in [4.78, 5) is 3.46. The lowest BCUT2D eigenvalue weighted by Crippen LogP contribution is -3.13. The van der Waals surface area contributed by atoms with Gasteiger partial charge in [-0.15, -0.1) is 0 Å². The number of para-hydroxylation sites is 2. The number of rotatable bonds is 4. The van der Waals surface area contributed by atoms with E-state index in [1.165, 1.54) is 23.1 Å². The Balaban J connectivity index is 1.65. The largest absolute Gasteiger partial charge is 0.495 e. The van der Waals surface area contributed by atoms with E-state index in [1.807, 2.05) is 24.3 Å². The van der Waals surface area contributed by atoms with Crippen LogP contribution < -0.4 is 14.5 Å². The lowest BCUT2D eigenvalue weighted by molar-refractivity contribution is -0.914. The number of quaternary nitrogens is 1. The van der Waals surface area contributed by atoms with E-state index in [9.17, 15) is 8.78 Å². The van der Waals surface area contributed by atoms with Gasteiger partial charge in [0.2, 0.25) is 0 Å². The third-order valence-electron chi connectivity index (χ3n) is 4.38. The Labute approximate surface area is 135 Å². The van der Waals surface area contributed by atoms with E-state index in [4.69, 9.17) is 4.74 Å². The van der Waals surface area contributed by atoms with Gasteiger partial charge in [0, 0.05) is 0 Å². The van der Waals surface area contributed by atoms with Gasteiger partial charge in [0.1, 0.15) is 23.9 Å². The third kappa shape index (κ3) is 3.45. The fourth-order valence-corrected chi connectivity index (χ4v) is 3.08. The predicted octanol–water partition coefficient (Wildman–Crippen LogP) is 1.88. The quantitative estimate of drug-likeness (QED) is 0.927. The highest BCUT2D eigenvalue weighted by atomic mass is 19.1. The summed E-state index contributed by atoms with van der Waals surface area (Å²) in [5, 5.41) is 0. The second kappa shape index (κ2) is 6.96. The summed E-state index contributed by atoms with van der Waals surface area (Å²) < 4.78 is 32.9. The molecule has 0 radical (unpaired) electrons. The first kappa shape index (κ1) is 15.7. The number of methoxy groups -OCH3 is 1. The number of benzene rings is 2. The summed E-state index contributed by atoms with van der Waals surface area (Å²) in [7, 11) is 1.67. The van der Waals surface area contributed by atoms with Crippen molar-refractivity contribution in [3.8, 4) is 5.75 Å². The molecule has 1 aliphatic heterocycles. The Morgan fingerprint density at radius 3 is 2.30 bits per heavy atom. The average molecular weight is 319 g/mol. The van der Waals surface area contributed by atoms with Crippen molar-refractivity contribution in [1.82, 2.24) is 0 Å². The molecule has 0 bridgehead atoms. The van der Waals surface area contributed by atoms with Crippen LogP contribution in [0.15, 0.2) is 42.5 Å². The fourth-order valence-electron chi connectivity index (χ4n) is 3.08. The van der Waals surface area contributed by atoms with Gasteiger partial charge in [0.25, 0.3) is 0 Å². The minimum atomic E-state index is -0.454. The van der Waals surface area contributed by atoms with E-state index >= 15 is 0 Å². The molecule has 1 heterocycles. The Morgan fingerprint density at radius 2 is 1.65 bits per heavy atom. The highest BCUT2D eigenvalue weighted by Crippen LogP contribution is 2.27. The van der Waals surface area contributed by atoms with Gasteiger partial charge in [-0.2, -0.15) is 0 Å². The maximum absolute atomic E-state index is 13.8. The number of hydrogen-bond donors (Lipinski definition) is 1. The highest BCUT2D eigenvalue weighted by Gasteiger charge is 2.24. The second-order valence-electron chi connectivity index (χ2n) is 5.79. The molecule has 1 fully saturated rings. The molecule has 1 N–H and O–H groups in total. The third-order valence-corrected chi connectivity index (χ3v) is 4.38. The maximum atomic E-state index is 13.8. The van der Waals surface area contributed by atoms with Crippen LogP contribution in [0.5, 0.6) is 5.75 Å². The molecule has 23 heavy (non-hydrogen) atoms. The summed E-state index contributed by atoms with van der Waals surface area (Å²) in [5.41, 5.74) is 1.26. The topological polar surface area (TPSA) is 16.9 Å². The molecule has 0 spiro atoms. The van der Waals surface area contributed by atoms with Gasteiger partial charge >= 0.3 is 0 Å². The van der Waals surface area contributed by atoms with E-state index in [2.05, 4.69) is 4.90 Å². The molecule has 0 saturated carbocycles. The van der Waals surface area contributed by atoms with Crippen LogP contribution >= 0.6 is 0 Å². The van der Waals surface area contributed by atoms with Crippen LogP contribution in [-0.4, -0.2) is 33.3 Å². The van der Waals surface area contributed by atoms with Crippen LogP contribution in [0, 0.1) is 11.6 Å². The molecule has 122 valence electrons. The van der Waals surface area contributed by atoms with E-state index in [1.54, 1.807) is 7.11 Å². The molecule has 3 nitrogen and oxygen atoms in total. The first-order valence-corrected chi connectivity index (χ1v) is 7.83. The molecule has 1 aliphatic rings. The first-order chi connectivity index (χ1) is 11.2. The molecule has 0 amide bonds. The second-order valence-corrected chi connectivity index (χ2v) is 5.79. The van der Waals surface area contributed by atoms with E-state index in [0.717, 1.165) is 37.6 Å². The van der Waals surface area contributed by atoms with Crippen LogP contribution in [0.1, 0.15) is 5.56 Å². The van der Waals surface area contributed by atoms with Crippen molar-refractivity contribution >= 4 is 5.69 Å². The van der Waals surface area contributed by atoms with E-state index < -0.39 is 11.6 Å². The molecule has 5 heteroatoms. The van der Waals surface area contributed by atoms with Gasteiger partial charge in [-0.25, -0.2) is 8.78 Å². The molecule has 3 rings (SSSR count). The zero-order valence-electron chi connectivity index (χ0n) is 13.2. The minimum Gasteiger partial charge on any atom is -0.495 e. The van der Waals surface area contributed by atoms with Crippen LogP contribution in [0.4, 0.5) is 14.5 Å². The van der Waals surface area contributed by atoms with Crippen LogP contribution in [0.2, 0.25) is 0 Å². The number of hydrogen-bond acceptors (Lipinski definition) is 2. The predicted molar refractivity (Wildman–Crippen MR) is 86.0 cm³/mol. The van der Waals surface area contributed by atoms with Crippen molar-refractivity contribution in [2.45, 2.75) is 6.54 Å². The Bertz CT molecular complexity index is 650. The van der Waals surface area contributed by atoms with Crippen molar-refractivity contribution in [2.75, 3.05) is 38.2 Å². The van der Waals surface area contributed by atoms with Gasteiger partial charge in [-0.1, -0.05) is 18.2 Å². The van der Waals surface area contributed by atoms with Crippen molar-refractivity contribution in [1.29, 1.82) is 0 Å². The Morgan fingerprint density at radius 1 is 1.00 bits per heavy atom. The molecule has 0 aliphatic carbocycles. The van der Waals surface area contributed by atoms with Crippen LogP contribution in [-0.2, 0) is 6.54 Å². The maximum Gasteiger partial charge on any atom is 0.142 e. The standard InChI is InChI=1S/C18H20F2N2O/c1-23-18-8-3-2-7-17(18)22-11-9-21(10-12-22)13-14-15(19)5-4-6-16(14)20/h2-8H,9-13H2,1H3/p+1. The molecule has 0 aromatic heterocycles. The number of nitrogens with zero attached hydrogens (tertiary/aromatic N) is 1. The van der Waals surface area contributed by atoms with Gasteiger partial charge in [-0.3, -0.25) is 0 Å². The Hall–Kier alpha value is -2.14. The van der Waals surface area contributed by atoms with E-state index in [-0.39, 0.29) is 5.56 Å². The number of anilines is 1. The molecule has 1 saturated heterocycles. The van der Waals surface area contributed by atoms with Crippen LogP contribution in [0.3, 0.4) is 0 Å². The summed E-state index contributed by atoms with van der Waals surface area (Å²) in [6.45, 7) is 3.74. The summed E-state index contributed by atoms with van der Waals surface area (Å²) in [6, 6.07) is 12.0. The smallest absolute Gasteiger partial charge is 0.142 e. The molecule has 0 unspecified atom stereocenters. The zero-order chi connectivity index (χ0) is 16.2. The zero-order valence-corrected chi connectivity index (χ0v) is 13.2. The highest BCUT2D eigenvalue weighted by molar-refractivity contribution is 5.58. The normalized spacial score (nSPS) is 15.7. The molecular weight excluding hydrogens is 298 g/mol. The molecular formula is C18H21F2N2O+. The minimum absolute atomic E-state index is 0.188. The van der Waals surface area contributed by atoms with Crippen LogP contribution in [0.25, 0.3) is 0 Å². The van der Waals surface area contributed by atoms with Crippen molar-refractivity contribution in [3.63, 3.8) is 0 Å². The van der Waals surface area contributed by atoms with Gasteiger partial charge < -0.3 is 14.5 Å². The van der Waals surface area contributed by atoms with Gasteiger partial charge in [0.15, 0.2) is 0 Å². The van der Waals surface area contributed by atoms with Crippen molar-refractivity contribution in [2.24, 2.45) is 0 Å². The Kier molecular flexibility index (Phi) is 4.76. The van der Waals surface area contributed by atoms with Crippen molar-refractivity contribution in [3.05, 3.63) is 59.7 Å². The van der Waals surface area contributed by atoms with E-state index in [0.29, 0.717) is 6.54 Å². The number of halogens is 2. The number of piperazine rings is 1. The SMILES string of the molecule is COc1ccccc1N1CC[NH+](Cc2c(F)cccc2F)CC1. The first-order valence-electron chi connectivity index (χ1n) is 7.83. The fraction of sp³-hybridized carbons (Fsp3) is 0.333. The molecule has 2 aromatic carbocycles.